The highest BCUT2D eigenvalue weighted by molar-refractivity contribution is 14.0. The Labute approximate surface area is 192 Å². The molecule has 0 fully saturated rings. The van der Waals surface area contributed by atoms with Gasteiger partial charge in [0.2, 0.25) is 0 Å². The number of alkyl halides is 3. The average molecular weight is 539 g/mol. The molecule has 0 aliphatic carbocycles. The Bertz CT molecular complexity index is 808. The van der Waals surface area contributed by atoms with Crippen molar-refractivity contribution in [1.29, 1.82) is 0 Å². The number of nitrogens with zero attached hydrogens (tertiary/aromatic N) is 3. The van der Waals surface area contributed by atoms with E-state index in [9.17, 15) is 13.2 Å². The third kappa shape index (κ3) is 9.23. The van der Waals surface area contributed by atoms with Gasteiger partial charge in [-0.3, -0.25) is 4.99 Å². The molecule has 2 aromatic rings. The van der Waals surface area contributed by atoms with Gasteiger partial charge in [-0.05, 0) is 38.3 Å². The smallest absolute Gasteiger partial charge is 0.422 e. The van der Waals surface area contributed by atoms with Gasteiger partial charge in [0.1, 0.15) is 11.6 Å². The lowest BCUT2D eigenvalue weighted by atomic mass is 10.1. The first-order valence-electron chi connectivity index (χ1n) is 9.50. The molecule has 0 amide bonds. The SMILES string of the molecule is CN=C(NCCCCn1ccnc1C)NCc1ccc(C)cc1OCC(F)(F)F.I. The first kappa shape index (κ1) is 26.1. The Morgan fingerprint density at radius 3 is 2.60 bits per heavy atom. The van der Waals surface area contributed by atoms with Crippen molar-refractivity contribution < 1.29 is 17.9 Å². The highest BCUT2D eigenvalue weighted by Gasteiger charge is 2.28. The predicted octanol–water partition coefficient (Wildman–Crippen LogP) is 4.20. The van der Waals surface area contributed by atoms with Crippen LogP contribution < -0.4 is 15.4 Å². The lowest BCUT2D eigenvalue weighted by Crippen LogP contribution is -2.37. The maximum absolute atomic E-state index is 12.5. The third-order valence-electron chi connectivity index (χ3n) is 4.33. The molecule has 168 valence electrons. The lowest BCUT2D eigenvalue weighted by Gasteiger charge is -2.16. The van der Waals surface area contributed by atoms with Crippen LogP contribution >= 0.6 is 24.0 Å². The van der Waals surface area contributed by atoms with E-state index in [2.05, 4.69) is 25.2 Å². The van der Waals surface area contributed by atoms with Gasteiger partial charge in [0.25, 0.3) is 0 Å². The van der Waals surface area contributed by atoms with Crippen LogP contribution in [0.2, 0.25) is 0 Å². The first-order valence-corrected chi connectivity index (χ1v) is 9.50. The number of rotatable bonds is 9. The molecule has 30 heavy (non-hydrogen) atoms. The van der Waals surface area contributed by atoms with Crippen molar-refractivity contribution in [2.24, 2.45) is 4.99 Å². The van der Waals surface area contributed by atoms with E-state index >= 15 is 0 Å². The molecule has 0 saturated heterocycles. The van der Waals surface area contributed by atoms with Crippen molar-refractivity contribution in [2.75, 3.05) is 20.2 Å². The molecular weight excluding hydrogens is 510 g/mol. The van der Waals surface area contributed by atoms with Crippen LogP contribution in [0.4, 0.5) is 13.2 Å². The number of benzene rings is 1. The summed E-state index contributed by atoms with van der Waals surface area (Å²) in [6.45, 7) is 4.42. The second-order valence-electron chi connectivity index (χ2n) is 6.74. The summed E-state index contributed by atoms with van der Waals surface area (Å²) >= 11 is 0. The Kier molecular flexibility index (Phi) is 11.0. The zero-order chi connectivity index (χ0) is 21.3. The number of nitrogens with one attached hydrogen (secondary N) is 2. The van der Waals surface area contributed by atoms with Crippen LogP contribution in [-0.4, -0.2) is 41.9 Å². The van der Waals surface area contributed by atoms with Gasteiger partial charge in [0.05, 0.1) is 0 Å². The van der Waals surface area contributed by atoms with Gasteiger partial charge in [0.15, 0.2) is 12.6 Å². The number of hydrogen-bond donors (Lipinski definition) is 2. The Morgan fingerprint density at radius 2 is 1.97 bits per heavy atom. The van der Waals surface area contributed by atoms with E-state index in [1.807, 2.05) is 26.1 Å². The minimum Gasteiger partial charge on any atom is -0.484 e. The van der Waals surface area contributed by atoms with E-state index in [1.54, 1.807) is 25.4 Å². The van der Waals surface area contributed by atoms with Crippen molar-refractivity contribution in [3.63, 3.8) is 0 Å². The summed E-state index contributed by atoms with van der Waals surface area (Å²) in [6.07, 6.45) is 1.32. The van der Waals surface area contributed by atoms with Gasteiger partial charge in [-0.15, -0.1) is 24.0 Å². The van der Waals surface area contributed by atoms with E-state index in [0.29, 0.717) is 18.1 Å². The van der Waals surface area contributed by atoms with Gasteiger partial charge >= 0.3 is 6.18 Å². The first-order chi connectivity index (χ1) is 13.8. The molecule has 0 atom stereocenters. The van der Waals surface area contributed by atoms with E-state index in [0.717, 1.165) is 37.3 Å². The molecule has 0 aliphatic rings. The molecule has 0 aliphatic heterocycles. The molecule has 0 unspecified atom stereocenters. The molecule has 2 rings (SSSR count). The van der Waals surface area contributed by atoms with Crippen molar-refractivity contribution in [3.05, 3.63) is 47.5 Å². The van der Waals surface area contributed by atoms with Crippen molar-refractivity contribution in [3.8, 4) is 5.75 Å². The summed E-state index contributed by atoms with van der Waals surface area (Å²) < 4.78 is 44.5. The molecule has 0 spiro atoms. The van der Waals surface area contributed by atoms with Crippen LogP contribution in [-0.2, 0) is 13.1 Å². The van der Waals surface area contributed by atoms with Crippen LogP contribution in [0, 0.1) is 13.8 Å². The van der Waals surface area contributed by atoms with Gasteiger partial charge in [-0.25, -0.2) is 4.98 Å². The monoisotopic (exact) mass is 539 g/mol. The maximum Gasteiger partial charge on any atom is 0.422 e. The standard InChI is InChI=1S/C20H28F3N5O.HI/c1-15-6-7-17(18(12-15)29-14-20(21,22)23)13-27-19(24-3)26-8-4-5-10-28-11-9-25-16(28)2;/h6-7,9,11-12H,4-5,8,10,13-14H2,1-3H3,(H2,24,26,27);1H. The summed E-state index contributed by atoms with van der Waals surface area (Å²) in [5, 5.41) is 6.33. The number of imidazole rings is 1. The van der Waals surface area contributed by atoms with E-state index in [4.69, 9.17) is 4.74 Å². The number of guanidine groups is 1. The average Bonchev–Trinajstić information content (AvgIpc) is 3.07. The second kappa shape index (κ2) is 12.7. The fourth-order valence-electron chi connectivity index (χ4n) is 2.76. The van der Waals surface area contributed by atoms with Gasteiger partial charge in [-0.2, -0.15) is 13.2 Å². The summed E-state index contributed by atoms with van der Waals surface area (Å²) in [5.74, 6) is 1.81. The van der Waals surface area contributed by atoms with Crippen molar-refractivity contribution >= 4 is 29.9 Å². The third-order valence-corrected chi connectivity index (χ3v) is 4.33. The van der Waals surface area contributed by atoms with Gasteiger partial charge < -0.3 is 19.9 Å². The molecule has 1 aromatic carbocycles. The van der Waals surface area contributed by atoms with Gasteiger partial charge in [0, 0.05) is 44.6 Å². The Morgan fingerprint density at radius 1 is 1.20 bits per heavy atom. The minimum absolute atomic E-state index is 0. The molecule has 0 bridgehead atoms. The highest BCUT2D eigenvalue weighted by atomic mass is 127. The number of hydrogen-bond acceptors (Lipinski definition) is 3. The lowest BCUT2D eigenvalue weighted by molar-refractivity contribution is -0.153. The fraction of sp³-hybridized carbons (Fsp3) is 0.500. The van der Waals surface area contributed by atoms with E-state index < -0.39 is 12.8 Å². The number of aromatic nitrogens is 2. The van der Waals surface area contributed by atoms with Crippen LogP contribution in [0.15, 0.2) is 35.6 Å². The summed E-state index contributed by atoms with van der Waals surface area (Å²) in [5.41, 5.74) is 1.47. The van der Waals surface area contributed by atoms with Crippen LogP contribution in [0.1, 0.15) is 29.8 Å². The Balaban J connectivity index is 0.00000450. The molecule has 1 aromatic heterocycles. The molecule has 0 radical (unpaired) electrons. The number of unbranched alkanes of at least 4 members (excludes halogenated alkanes) is 1. The number of aryl methyl sites for hydroxylation is 3. The van der Waals surface area contributed by atoms with E-state index in [-0.39, 0.29) is 29.7 Å². The van der Waals surface area contributed by atoms with Gasteiger partial charge in [-0.1, -0.05) is 12.1 Å². The maximum atomic E-state index is 12.5. The Hall–Kier alpha value is -1.98. The number of ether oxygens (including phenoxy) is 1. The second-order valence-corrected chi connectivity index (χ2v) is 6.74. The highest BCUT2D eigenvalue weighted by Crippen LogP contribution is 2.23. The summed E-state index contributed by atoms with van der Waals surface area (Å²) in [4.78, 5) is 8.35. The zero-order valence-electron chi connectivity index (χ0n) is 17.4. The van der Waals surface area contributed by atoms with Crippen molar-refractivity contribution in [2.45, 2.75) is 46.0 Å². The van der Waals surface area contributed by atoms with Crippen LogP contribution in [0.5, 0.6) is 5.75 Å². The van der Waals surface area contributed by atoms with E-state index in [1.165, 1.54) is 0 Å². The normalized spacial score (nSPS) is 11.7. The quantitative estimate of drug-likeness (QED) is 0.217. The topological polar surface area (TPSA) is 63.5 Å². The summed E-state index contributed by atoms with van der Waals surface area (Å²) in [7, 11) is 1.65. The number of aliphatic imine (C=N–C) groups is 1. The largest absolute Gasteiger partial charge is 0.484 e. The molecule has 6 nitrogen and oxygen atoms in total. The fourth-order valence-corrected chi connectivity index (χ4v) is 2.76. The zero-order valence-corrected chi connectivity index (χ0v) is 19.8. The molecule has 0 saturated carbocycles. The summed E-state index contributed by atoms with van der Waals surface area (Å²) in [6, 6.07) is 5.21. The molecular formula is C20H29F3IN5O. The van der Waals surface area contributed by atoms with Crippen LogP contribution in [0.25, 0.3) is 0 Å². The predicted molar refractivity (Wildman–Crippen MR) is 123 cm³/mol. The molecule has 2 N–H and O–H groups in total. The van der Waals surface area contributed by atoms with Crippen molar-refractivity contribution in [1.82, 2.24) is 20.2 Å². The minimum atomic E-state index is -4.37. The number of halogens is 4. The molecule has 1 heterocycles. The molecule has 10 heteroatoms. The van der Waals surface area contributed by atoms with Crippen LogP contribution in [0.3, 0.4) is 0 Å².